The number of pyridine rings is 1. The van der Waals surface area contributed by atoms with Crippen molar-refractivity contribution in [1.29, 1.82) is 0 Å². The van der Waals surface area contributed by atoms with Crippen LogP contribution in [0, 0.1) is 12.3 Å². The van der Waals surface area contributed by atoms with Crippen molar-refractivity contribution in [2.24, 2.45) is 5.41 Å². The van der Waals surface area contributed by atoms with E-state index in [-0.39, 0.29) is 0 Å². The summed E-state index contributed by atoms with van der Waals surface area (Å²) >= 11 is 0. The molecule has 1 saturated carbocycles. The number of aryl methyl sites for hydroxylation is 1. The second-order valence-electron chi connectivity index (χ2n) is 5.40. The summed E-state index contributed by atoms with van der Waals surface area (Å²) in [5, 5.41) is 0. The second-order valence-corrected chi connectivity index (χ2v) is 5.40. The molecule has 0 spiro atoms. The Bertz CT molecular complexity index is 568. The molecule has 16 heavy (non-hydrogen) atoms. The summed E-state index contributed by atoms with van der Waals surface area (Å²) in [5.74, 6) is 0.587. The Morgan fingerprint density at radius 2 is 2.19 bits per heavy atom. The zero-order valence-corrected chi connectivity index (χ0v) is 9.86. The zero-order valence-electron chi connectivity index (χ0n) is 9.86. The van der Waals surface area contributed by atoms with Crippen LogP contribution < -0.4 is 5.73 Å². The third kappa shape index (κ3) is 1.22. The van der Waals surface area contributed by atoms with Crippen LogP contribution in [0.2, 0.25) is 0 Å². The number of nitrogen functional groups attached to an aromatic ring is 1. The monoisotopic (exact) mass is 216 g/mol. The van der Waals surface area contributed by atoms with E-state index in [0.29, 0.717) is 17.4 Å². The Kier molecular flexibility index (Phi) is 1.66. The highest BCUT2D eigenvalue weighted by Gasteiger charge is 2.48. The van der Waals surface area contributed by atoms with E-state index in [0.717, 1.165) is 23.1 Å². The molecule has 0 saturated heterocycles. The fraction of sp³-hybridized carbons (Fsp3) is 0.500. The number of fused-ring (bicyclic) bond motifs is 1. The van der Waals surface area contributed by atoms with Gasteiger partial charge in [-0.3, -0.25) is 4.57 Å². The van der Waals surface area contributed by atoms with Gasteiger partial charge in [0, 0.05) is 12.2 Å². The number of nitrogens with zero attached hydrogens (tertiary/aromatic N) is 3. The number of anilines is 1. The first-order valence-electron chi connectivity index (χ1n) is 5.59. The van der Waals surface area contributed by atoms with Crippen LogP contribution in [0.1, 0.15) is 31.9 Å². The summed E-state index contributed by atoms with van der Waals surface area (Å²) in [4.78, 5) is 8.83. The fourth-order valence-electron chi connectivity index (χ4n) is 2.29. The van der Waals surface area contributed by atoms with E-state index in [1.165, 1.54) is 0 Å². The quantitative estimate of drug-likeness (QED) is 0.795. The van der Waals surface area contributed by atoms with Gasteiger partial charge in [-0.15, -0.1) is 0 Å². The van der Waals surface area contributed by atoms with Gasteiger partial charge in [-0.2, -0.15) is 0 Å². The minimum atomic E-state index is 0.328. The maximum atomic E-state index is 5.98. The minimum absolute atomic E-state index is 0.328. The number of aromatic nitrogens is 3. The van der Waals surface area contributed by atoms with E-state index in [9.17, 15) is 0 Å². The lowest BCUT2D eigenvalue weighted by atomic mass is 10.2. The molecule has 4 heteroatoms. The second kappa shape index (κ2) is 2.75. The Labute approximate surface area is 94.5 Å². The van der Waals surface area contributed by atoms with Crippen LogP contribution in [0.4, 0.5) is 5.95 Å². The molecule has 2 aromatic heterocycles. The minimum Gasteiger partial charge on any atom is -0.369 e. The van der Waals surface area contributed by atoms with Gasteiger partial charge < -0.3 is 5.73 Å². The first-order valence-corrected chi connectivity index (χ1v) is 5.59. The summed E-state index contributed by atoms with van der Waals surface area (Å²) < 4.78 is 2.08. The van der Waals surface area contributed by atoms with Gasteiger partial charge in [0.25, 0.3) is 0 Å². The van der Waals surface area contributed by atoms with Gasteiger partial charge in [0.1, 0.15) is 5.52 Å². The largest absolute Gasteiger partial charge is 0.369 e. The average molecular weight is 216 g/mol. The molecule has 1 aliphatic rings. The molecule has 4 nitrogen and oxygen atoms in total. The van der Waals surface area contributed by atoms with Gasteiger partial charge in [-0.05, 0) is 30.4 Å². The van der Waals surface area contributed by atoms with Gasteiger partial charge in [0.2, 0.25) is 5.95 Å². The van der Waals surface area contributed by atoms with E-state index in [2.05, 4.69) is 28.4 Å². The van der Waals surface area contributed by atoms with Crippen molar-refractivity contribution in [3.05, 3.63) is 17.8 Å². The molecular formula is C12H16N4. The smallest absolute Gasteiger partial charge is 0.202 e. The molecule has 84 valence electrons. The maximum Gasteiger partial charge on any atom is 0.202 e. The highest BCUT2D eigenvalue weighted by Crippen LogP contribution is 2.56. The van der Waals surface area contributed by atoms with Crippen LogP contribution in [0.15, 0.2) is 12.3 Å². The van der Waals surface area contributed by atoms with Gasteiger partial charge in [-0.1, -0.05) is 13.8 Å². The van der Waals surface area contributed by atoms with Crippen molar-refractivity contribution in [1.82, 2.24) is 14.5 Å². The molecule has 0 radical (unpaired) electrons. The summed E-state index contributed by atoms with van der Waals surface area (Å²) in [6.45, 7) is 6.51. The van der Waals surface area contributed by atoms with Crippen LogP contribution >= 0.6 is 0 Å². The van der Waals surface area contributed by atoms with Crippen molar-refractivity contribution >= 4 is 17.1 Å². The molecule has 0 amide bonds. The fourth-order valence-corrected chi connectivity index (χ4v) is 2.29. The highest BCUT2D eigenvalue weighted by atomic mass is 15.2. The van der Waals surface area contributed by atoms with Crippen molar-refractivity contribution in [2.45, 2.75) is 33.2 Å². The molecule has 3 rings (SSSR count). The summed E-state index contributed by atoms with van der Waals surface area (Å²) in [6, 6.07) is 2.48. The van der Waals surface area contributed by atoms with Gasteiger partial charge in [0.15, 0.2) is 5.65 Å². The number of nitrogens with two attached hydrogens (primary N) is 1. The summed E-state index contributed by atoms with van der Waals surface area (Å²) in [5.41, 5.74) is 9.24. The molecular weight excluding hydrogens is 200 g/mol. The Hall–Kier alpha value is -1.58. The molecule has 2 aromatic rings. The lowest BCUT2D eigenvalue weighted by Gasteiger charge is -2.07. The van der Waals surface area contributed by atoms with E-state index < -0.39 is 0 Å². The van der Waals surface area contributed by atoms with E-state index in [1.54, 1.807) is 0 Å². The third-order valence-corrected chi connectivity index (χ3v) is 3.47. The molecule has 2 N–H and O–H groups in total. The number of hydrogen-bond acceptors (Lipinski definition) is 3. The Morgan fingerprint density at radius 1 is 1.50 bits per heavy atom. The Balaban J connectivity index is 2.21. The van der Waals surface area contributed by atoms with Crippen LogP contribution in [0.5, 0.6) is 0 Å². The first-order chi connectivity index (χ1) is 7.49. The lowest BCUT2D eigenvalue weighted by molar-refractivity contribution is 0.551. The molecule has 0 aliphatic heterocycles. The third-order valence-electron chi connectivity index (χ3n) is 3.47. The lowest BCUT2D eigenvalue weighted by Crippen LogP contribution is -2.05. The van der Waals surface area contributed by atoms with Crippen molar-refractivity contribution in [3.8, 4) is 0 Å². The molecule has 2 heterocycles. The number of hydrogen-bond donors (Lipinski definition) is 1. The summed E-state index contributed by atoms with van der Waals surface area (Å²) in [7, 11) is 0. The first kappa shape index (κ1) is 9.63. The number of rotatable bonds is 1. The average Bonchev–Trinajstić information content (AvgIpc) is 2.67. The number of imidazole rings is 1. The molecule has 1 aliphatic carbocycles. The van der Waals surface area contributed by atoms with E-state index in [1.807, 2.05) is 19.2 Å². The van der Waals surface area contributed by atoms with Crippen LogP contribution in [0.25, 0.3) is 11.2 Å². The highest BCUT2D eigenvalue weighted by molar-refractivity contribution is 5.75. The van der Waals surface area contributed by atoms with Crippen LogP contribution in [-0.4, -0.2) is 14.5 Å². The van der Waals surface area contributed by atoms with Crippen molar-refractivity contribution in [2.75, 3.05) is 5.73 Å². The molecule has 1 atom stereocenters. The van der Waals surface area contributed by atoms with Crippen molar-refractivity contribution < 1.29 is 0 Å². The predicted molar refractivity (Wildman–Crippen MR) is 64.1 cm³/mol. The van der Waals surface area contributed by atoms with Gasteiger partial charge in [-0.25, -0.2) is 9.97 Å². The predicted octanol–water partition coefficient (Wildman–Crippen LogP) is 2.29. The van der Waals surface area contributed by atoms with Crippen LogP contribution in [0.3, 0.4) is 0 Å². The van der Waals surface area contributed by atoms with Crippen molar-refractivity contribution in [3.63, 3.8) is 0 Å². The topological polar surface area (TPSA) is 56.7 Å². The van der Waals surface area contributed by atoms with E-state index >= 15 is 0 Å². The van der Waals surface area contributed by atoms with Crippen LogP contribution in [-0.2, 0) is 0 Å². The van der Waals surface area contributed by atoms with E-state index in [4.69, 9.17) is 5.73 Å². The standard InChI is InChI=1S/C12H16N4/c1-7-4-8-10(14-6-7)16(11(13)15-8)9-5-12(9,2)3/h4,6,9H,5H2,1-3H3,(H2,13,15). The normalized spacial score (nSPS) is 22.6. The molecule has 0 bridgehead atoms. The molecule has 1 unspecified atom stereocenters. The van der Waals surface area contributed by atoms with Gasteiger partial charge >= 0.3 is 0 Å². The zero-order chi connectivity index (χ0) is 11.5. The van der Waals surface area contributed by atoms with Gasteiger partial charge in [0.05, 0.1) is 0 Å². The molecule has 1 fully saturated rings. The maximum absolute atomic E-state index is 5.98. The molecule has 0 aromatic carbocycles. The Morgan fingerprint density at radius 3 is 2.81 bits per heavy atom. The SMILES string of the molecule is Cc1cnc2c(c1)nc(N)n2C1CC1(C)C. The summed E-state index contributed by atoms with van der Waals surface area (Å²) in [6.07, 6.45) is 3.02.